The molecule has 10 heteroatoms. The van der Waals surface area contributed by atoms with E-state index in [1.165, 1.54) is 11.3 Å². The quantitative estimate of drug-likeness (QED) is 0.226. The van der Waals surface area contributed by atoms with E-state index >= 15 is 0 Å². The van der Waals surface area contributed by atoms with Crippen LogP contribution in [0.1, 0.15) is 43.5 Å². The number of methoxy groups -OCH3 is 1. The van der Waals surface area contributed by atoms with Gasteiger partial charge in [-0.05, 0) is 68.8 Å². The van der Waals surface area contributed by atoms with Crippen molar-refractivity contribution in [1.82, 2.24) is 9.47 Å². The fourth-order valence-electron chi connectivity index (χ4n) is 5.16. The minimum atomic E-state index is -0.722. The number of nitrogens with zero attached hydrogens (tertiary/aromatic N) is 3. The van der Waals surface area contributed by atoms with Crippen LogP contribution in [-0.2, 0) is 11.4 Å². The number of benzene rings is 3. The van der Waals surface area contributed by atoms with E-state index in [1.807, 2.05) is 63.2 Å². The predicted octanol–water partition coefficient (Wildman–Crippen LogP) is 6.00. The Labute approximate surface area is 263 Å². The molecule has 0 aliphatic carbocycles. The lowest BCUT2D eigenvalue weighted by Gasteiger charge is -2.29. The first-order valence-corrected chi connectivity index (χ1v) is 15.4. The Bertz CT molecular complexity index is 1890. The first kappa shape index (κ1) is 30.6. The monoisotopic (exact) mass is 635 g/mol. The second-order valence-corrected chi connectivity index (χ2v) is 11.8. The highest BCUT2D eigenvalue weighted by atomic mass is 35.5. The van der Waals surface area contributed by atoms with E-state index in [0.29, 0.717) is 66.4 Å². The van der Waals surface area contributed by atoms with Crippen LogP contribution in [0, 0.1) is 0 Å². The molecule has 7 nitrogen and oxygen atoms in total. The molecule has 3 aromatic carbocycles. The third kappa shape index (κ3) is 6.27. The minimum Gasteiger partial charge on any atom is -0.496 e. The molecule has 0 N–H and O–H groups in total. The van der Waals surface area contributed by atoms with Gasteiger partial charge in [-0.3, -0.25) is 14.2 Å². The summed E-state index contributed by atoms with van der Waals surface area (Å²) in [5.74, 6) is 0.973. The average molecular weight is 637 g/mol. The van der Waals surface area contributed by atoms with Crippen LogP contribution >= 0.6 is 34.5 Å². The van der Waals surface area contributed by atoms with E-state index in [-0.39, 0.29) is 18.1 Å². The molecule has 0 fully saturated rings. The number of carbonyl (C=O) groups excluding carboxylic acids is 1. The molecule has 1 atom stereocenters. The zero-order valence-electron chi connectivity index (χ0n) is 24.3. The number of fused-ring (bicyclic) bond motifs is 1. The highest BCUT2D eigenvalue weighted by Crippen LogP contribution is 2.36. The molecule has 0 bridgehead atoms. The summed E-state index contributed by atoms with van der Waals surface area (Å²) < 4.78 is 13.8. The highest BCUT2D eigenvalue weighted by Gasteiger charge is 2.35. The van der Waals surface area contributed by atoms with Crippen molar-refractivity contribution in [3.63, 3.8) is 0 Å². The summed E-state index contributed by atoms with van der Waals surface area (Å²) in [6, 6.07) is 19.4. The first-order valence-electron chi connectivity index (χ1n) is 13.9. The second kappa shape index (κ2) is 13.2. The molecule has 222 valence electrons. The van der Waals surface area contributed by atoms with Crippen LogP contribution < -0.4 is 24.4 Å². The molecule has 43 heavy (non-hydrogen) atoms. The number of ether oxygens (including phenoxy) is 2. The number of rotatable bonds is 9. The van der Waals surface area contributed by atoms with Crippen molar-refractivity contribution in [1.29, 1.82) is 0 Å². The molecule has 1 amide bonds. The van der Waals surface area contributed by atoms with Gasteiger partial charge >= 0.3 is 0 Å². The Morgan fingerprint density at radius 2 is 1.77 bits per heavy atom. The molecule has 0 radical (unpaired) electrons. The molecule has 0 saturated heterocycles. The van der Waals surface area contributed by atoms with Crippen LogP contribution in [0.5, 0.6) is 11.5 Å². The molecule has 1 aromatic heterocycles. The molecular formula is C33H31Cl2N3O4S. The van der Waals surface area contributed by atoms with Crippen molar-refractivity contribution in [2.24, 2.45) is 4.99 Å². The maximum atomic E-state index is 14.2. The number of hydrogen-bond acceptors (Lipinski definition) is 6. The number of carbonyl (C=O) groups is 1. The van der Waals surface area contributed by atoms with Crippen molar-refractivity contribution in [2.45, 2.75) is 33.4 Å². The molecular weight excluding hydrogens is 605 g/mol. The Morgan fingerprint density at radius 1 is 1.02 bits per heavy atom. The van der Waals surface area contributed by atoms with Crippen LogP contribution in [0.4, 0.5) is 0 Å². The molecule has 2 heterocycles. The molecule has 1 aliphatic heterocycles. The van der Waals surface area contributed by atoms with Crippen LogP contribution in [-0.4, -0.2) is 35.6 Å². The number of amides is 1. The Hall–Kier alpha value is -3.85. The first-order chi connectivity index (χ1) is 20.7. The van der Waals surface area contributed by atoms with E-state index in [2.05, 4.69) is 0 Å². The Kier molecular flexibility index (Phi) is 9.40. The van der Waals surface area contributed by atoms with Crippen LogP contribution in [0.15, 0.2) is 87.8 Å². The van der Waals surface area contributed by atoms with Gasteiger partial charge in [-0.2, -0.15) is 0 Å². The van der Waals surface area contributed by atoms with Gasteiger partial charge in [0.2, 0.25) is 0 Å². The fourth-order valence-corrected chi connectivity index (χ4v) is 6.59. The largest absolute Gasteiger partial charge is 0.496 e. The standard InChI is InChI=1S/C33H31Cl2N3O4S/c1-5-37(6-2)32(40)29-20(3)36-33-38(30(29)25-12-7-8-13-27(25)41-4)31(39)28(43-33)18-22-17-24(35)14-15-26(22)42-19-21-10-9-11-23(34)16-21/h7-18,30H,5-6,19H2,1-4H3/b28-18+/t30-/m1/s1. The summed E-state index contributed by atoms with van der Waals surface area (Å²) in [4.78, 5) is 35.1. The van der Waals surface area contributed by atoms with Gasteiger partial charge in [-0.25, -0.2) is 4.99 Å². The van der Waals surface area contributed by atoms with Gasteiger partial charge in [0.05, 0.1) is 22.9 Å². The summed E-state index contributed by atoms with van der Waals surface area (Å²) in [5.41, 5.74) is 2.98. The molecule has 0 saturated carbocycles. The summed E-state index contributed by atoms with van der Waals surface area (Å²) in [6.07, 6.45) is 1.76. The van der Waals surface area contributed by atoms with Crippen molar-refractivity contribution in [2.75, 3.05) is 20.2 Å². The Balaban J connectivity index is 1.66. The molecule has 0 spiro atoms. The van der Waals surface area contributed by atoms with Gasteiger partial charge in [-0.15, -0.1) is 0 Å². The number of halogens is 2. The smallest absolute Gasteiger partial charge is 0.271 e. The maximum Gasteiger partial charge on any atom is 0.271 e. The van der Waals surface area contributed by atoms with E-state index in [0.717, 1.165) is 5.56 Å². The highest BCUT2D eigenvalue weighted by molar-refractivity contribution is 7.07. The second-order valence-electron chi connectivity index (χ2n) is 9.90. The normalized spacial score (nSPS) is 14.7. The topological polar surface area (TPSA) is 73.1 Å². The van der Waals surface area contributed by atoms with Gasteiger partial charge in [-0.1, -0.05) is 64.9 Å². The van der Waals surface area contributed by atoms with Gasteiger partial charge in [0.25, 0.3) is 11.5 Å². The van der Waals surface area contributed by atoms with E-state index in [9.17, 15) is 9.59 Å². The Morgan fingerprint density at radius 3 is 2.49 bits per heavy atom. The molecule has 5 rings (SSSR count). The van der Waals surface area contributed by atoms with E-state index in [4.69, 9.17) is 37.7 Å². The molecule has 4 aromatic rings. The number of hydrogen-bond donors (Lipinski definition) is 0. The number of para-hydroxylation sites is 1. The number of likely N-dealkylation sites (N-methyl/N-ethyl adjacent to an activating group) is 1. The van der Waals surface area contributed by atoms with Crippen molar-refractivity contribution in [3.05, 3.63) is 124 Å². The summed E-state index contributed by atoms with van der Waals surface area (Å²) >= 11 is 13.8. The van der Waals surface area contributed by atoms with E-state index in [1.54, 1.807) is 46.9 Å². The summed E-state index contributed by atoms with van der Waals surface area (Å²) in [7, 11) is 1.58. The van der Waals surface area contributed by atoms with Crippen molar-refractivity contribution < 1.29 is 14.3 Å². The van der Waals surface area contributed by atoms with E-state index < -0.39 is 6.04 Å². The van der Waals surface area contributed by atoms with Gasteiger partial charge in [0.1, 0.15) is 24.1 Å². The van der Waals surface area contributed by atoms with Gasteiger partial charge in [0, 0.05) is 34.3 Å². The fraction of sp³-hybridized carbons (Fsp3) is 0.242. The van der Waals surface area contributed by atoms with Crippen LogP contribution in [0.2, 0.25) is 10.0 Å². The zero-order chi connectivity index (χ0) is 30.7. The van der Waals surface area contributed by atoms with Crippen molar-refractivity contribution >= 4 is 46.5 Å². The summed E-state index contributed by atoms with van der Waals surface area (Å²) in [6.45, 7) is 7.02. The van der Waals surface area contributed by atoms with Crippen LogP contribution in [0.3, 0.4) is 0 Å². The lowest BCUT2D eigenvalue weighted by molar-refractivity contribution is -0.127. The lowest BCUT2D eigenvalue weighted by atomic mass is 9.94. The number of aromatic nitrogens is 1. The predicted molar refractivity (Wildman–Crippen MR) is 172 cm³/mol. The maximum absolute atomic E-state index is 14.2. The average Bonchev–Trinajstić information content (AvgIpc) is 3.30. The van der Waals surface area contributed by atoms with Gasteiger partial charge < -0.3 is 14.4 Å². The lowest BCUT2D eigenvalue weighted by Crippen LogP contribution is -2.43. The van der Waals surface area contributed by atoms with Gasteiger partial charge in [0.15, 0.2) is 4.80 Å². The molecule has 0 unspecified atom stereocenters. The number of allylic oxidation sites excluding steroid dienone is 1. The third-order valence-electron chi connectivity index (χ3n) is 7.28. The van der Waals surface area contributed by atoms with Crippen LogP contribution in [0.25, 0.3) is 6.08 Å². The van der Waals surface area contributed by atoms with Crippen molar-refractivity contribution in [3.8, 4) is 11.5 Å². The summed E-state index contributed by atoms with van der Waals surface area (Å²) in [5, 5.41) is 1.13. The zero-order valence-corrected chi connectivity index (χ0v) is 26.6. The third-order valence-corrected chi connectivity index (χ3v) is 8.73. The number of thiazole rings is 1. The molecule has 1 aliphatic rings. The SMILES string of the molecule is CCN(CC)C(=O)C1=C(C)N=c2s/c(=C/c3cc(Cl)ccc3OCc3cccc(Cl)c3)c(=O)n2[C@@H]1c1ccccc1OC. The minimum absolute atomic E-state index is 0.164.